The van der Waals surface area contributed by atoms with E-state index in [0.717, 1.165) is 16.9 Å². The highest BCUT2D eigenvalue weighted by atomic mass is 35.5. The molecule has 0 aliphatic rings. The lowest BCUT2D eigenvalue weighted by molar-refractivity contribution is -0.129. The van der Waals surface area contributed by atoms with E-state index in [1.165, 1.54) is 0 Å². The van der Waals surface area contributed by atoms with Crippen molar-refractivity contribution in [2.75, 3.05) is 7.05 Å². The SMILES string of the molecule is Cc1occc1CN(C)C(=O)Cc1ccccc1Cl. The summed E-state index contributed by atoms with van der Waals surface area (Å²) < 4.78 is 5.22. The molecule has 1 heterocycles. The molecule has 0 radical (unpaired) electrons. The molecule has 0 saturated heterocycles. The van der Waals surface area contributed by atoms with Gasteiger partial charge in [0, 0.05) is 24.2 Å². The normalized spacial score (nSPS) is 10.5. The van der Waals surface area contributed by atoms with Crippen LogP contribution in [0.2, 0.25) is 5.02 Å². The third-order valence-electron chi connectivity index (χ3n) is 3.10. The molecule has 1 aromatic heterocycles. The molecule has 1 aromatic carbocycles. The quantitative estimate of drug-likeness (QED) is 0.858. The zero-order chi connectivity index (χ0) is 13.8. The highest BCUT2D eigenvalue weighted by Gasteiger charge is 2.13. The van der Waals surface area contributed by atoms with Crippen LogP contribution >= 0.6 is 11.6 Å². The fourth-order valence-electron chi connectivity index (χ4n) is 1.86. The molecule has 0 bridgehead atoms. The number of furan rings is 1. The van der Waals surface area contributed by atoms with Crippen molar-refractivity contribution in [2.24, 2.45) is 0 Å². The smallest absolute Gasteiger partial charge is 0.227 e. The van der Waals surface area contributed by atoms with Gasteiger partial charge in [-0.05, 0) is 24.6 Å². The van der Waals surface area contributed by atoms with Gasteiger partial charge in [-0.2, -0.15) is 0 Å². The first-order chi connectivity index (χ1) is 9.08. The maximum absolute atomic E-state index is 12.1. The van der Waals surface area contributed by atoms with Gasteiger partial charge in [0.1, 0.15) is 5.76 Å². The Labute approximate surface area is 117 Å². The number of hydrogen-bond donors (Lipinski definition) is 0. The van der Waals surface area contributed by atoms with Gasteiger partial charge in [0.25, 0.3) is 0 Å². The van der Waals surface area contributed by atoms with Crippen molar-refractivity contribution in [3.63, 3.8) is 0 Å². The molecule has 0 saturated carbocycles. The van der Waals surface area contributed by atoms with E-state index in [4.69, 9.17) is 16.0 Å². The van der Waals surface area contributed by atoms with Gasteiger partial charge in [-0.1, -0.05) is 29.8 Å². The Morgan fingerprint density at radius 2 is 2.00 bits per heavy atom. The third-order valence-corrected chi connectivity index (χ3v) is 3.47. The molecule has 100 valence electrons. The molecule has 1 amide bonds. The summed E-state index contributed by atoms with van der Waals surface area (Å²) in [6.45, 7) is 2.44. The summed E-state index contributed by atoms with van der Waals surface area (Å²) in [5.41, 5.74) is 1.87. The van der Waals surface area contributed by atoms with Crippen LogP contribution in [0.1, 0.15) is 16.9 Å². The number of amides is 1. The number of carbonyl (C=O) groups excluding carboxylic acids is 1. The van der Waals surface area contributed by atoms with Crippen molar-refractivity contribution >= 4 is 17.5 Å². The lowest BCUT2D eigenvalue weighted by Gasteiger charge is -2.17. The number of halogens is 1. The lowest BCUT2D eigenvalue weighted by atomic mass is 10.1. The molecular formula is C15H16ClNO2. The van der Waals surface area contributed by atoms with E-state index in [1.54, 1.807) is 24.3 Å². The van der Waals surface area contributed by atoms with E-state index in [1.807, 2.05) is 31.2 Å². The molecule has 2 aromatic rings. The van der Waals surface area contributed by atoms with Crippen molar-refractivity contribution in [3.05, 3.63) is 58.5 Å². The van der Waals surface area contributed by atoms with E-state index in [9.17, 15) is 4.79 Å². The second-order valence-electron chi connectivity index (χ2n) is 4.52. The van der Waals surface area contributed by atoms with Crippen LogP contribution in [0.3, 0.4) is 0 Å². The Morgan fingerprint density at radius 3 is 2.63 bits per heavy atom. The maximum atomic E-state index is 12.1. The molecular weight excluding hydrogens is 262 g/mol. The van der Waals surface area contributed by atoms with Crippen molar-refractivity contribution in [1.82, 2.24) is 4.90 Å². The Morgan fingerprint density at radius 1 is 1.26 bits per heavy atom. The van der Waals surface area contributed by atoms with Crippen LogP contribution in [0.15, 0.2) is 41.0 Å². The summed E-state index contributed by atoms with van der Waals surface area (Å²) in [5.74, 6) is 0.881. The number of benzene rings is 1. The predicted octanol–water partition coefficient (Wildman–Crippen LogP) is 3.44. The second kappa shape index (κ2) is 5.93. The first-order valence-electron chi connectivity index (χ1n) is 6.08. The monoisotopic (exact) mass is 277 g/mol. The Balaban J connectivity index is 2.00. The Kier molecular flexibility index (Phi) is 4.27. The summed E-state index contributed by atoms with van der Waals surface area (Å²) in [4.78, 5) is 13.8. The van der Waals surface area contributed by atoms with Gasteiger partial charge < -0.3 is 9.32 Å². The van der Waals surface area contributed by atoms with Gasteiger partial charge in [-0.15, -0.1) is 0 Å². The van der Waals surface area contributed by atoms with E-state index in [-0.39, 0.29) is 5.91 Å². The van der Waals surface area contributed by atoms with Crippen LogP contribution in [0.25, 0.3) is 0 Å². The highest BCUT2D eigenvalue weighted by molar-refractivity contribution is 6.31. The summed E-state index contributed by atoms with van der Waals surface area (Å²) in [5, 5.41) is 0.628. The third kappa shape index (κ3) is 3.38. The Hall–Kier alpha value is -1.74. The van der Waals surface area contributed by atoms with Gasteiger partial charge in [-0.25, -0.2) is 0 Å². The summed E-state index contributed by atoms with van der Waals surface area (Å²) in [7, 11) is 1.78. The van der Waals surface area contributed by atoms with Crippen molar-refractivity contribution in [1.29, 1.82) is 0 Å². The summed E-state index contributed by atoms with van der Waals surface area (Å²) >= 11 is 6.06. The minimum absolute atomic E-state index is 0.0358. The van der Waals surface area contributed by atoms with Crippen LogP contribution in [0, 0.1) is 6.92 Å². The number of hydrogen-bond acceptors (Lipinski definition) is 2. The van der Waals surface area contributed by atoms with Crippen molar-refractivity contribution in [2.45, 2.75) is 19.9 Å². The minimum atomic E-state index is 0.0358. The number of aryl methyl sites for hydroxylation is 1. The maximum Gasteiger partial charge on any atom is 0.227 e. The average Bonchev–Trinajstić information content (AvgIpc) is 2.78. The van der Waals surface area contributed by atoms with Gasteiger partial charge in [0.15, 0.2) is 0 Å². The molecule has 0 fully saturated rings. The lowest BCUT2D eigenvalue weighted by Crippen LogP contribution is -2.27. The average molecular weight is 278 g/mol. The number of likely N-dealkylation sites (N-methyl/N-ethyl adjacent to an activating group) is 1. The number of nitrogens with zero attached hydrogens (tertiary/aromatic N) is 1. The molecule has 0 aliphatic carbocycles. The zero-order valence-corrected chi connectivity index (χ0v) is 11.8. The molecule has 4 heteroatoms. The molecule has 0 atom stereocenters. The topological polar surface area (TPSA) is 33.5 Å². The number of carbonyl (C=O) groups is 1. The molecule has 0 unspecified atom stereocenters. The molecule has 2 rings (SSSR count). The van der Waals surface area contributed by atoms with Crippen LogP contribution in [0.4, 0.5) is 0 Å². The first kappa shape index (κ1) is 13.7. The molecule has 19 heavy (non-hydrogen) atoms. The number of rotatable bonds is 4. The molecule has 0 spiro atoms. The van der Waals surface area contributed by atoms with Crippen molar-refractivity contribution < 1.29 is 9.21 Å². The van der Waals surface area contributed by atoms with E-state index < -0.39 is 0 Å². The van der Waals surface area contributed by atoms with Crippen LogP contribution in [-0.4, -0.2) is 17.9 Å². The minimum Gasteiger partial charge on any atom is -0.469 e. The van der Waals surface area contributed by atoms with E-state index in [0.29, 0.717) is 18.0 Å². The van der Waals surface area contributed by atoms with Crippen molar-refractivity contribution in [3.8, 4) is 0 Å². The molecule has 3 nitrogen and oxygen atoms in total. The second-order valence-corrected chi connectivity index (χ2v) is 4.93. The van der Waals surface area contributed by atoms with Crippen LogP contribution in [-0.2, 0) is 17.8 Å². The van der Waals surface area contributed by atoms with Crippen LogP contribution < -0.4 is 0 Å². The first-order valence-corrected chi connectivity index (χ1v) is 6.46. The Bertz CT molecular complexity index is 577. The summed E-state index contributed by atoms with van der Waals surface area (Å²) in [6, 6.07) is 9.29. The van der Waals surface area contributed by atoms with E-state index in [2.05, 4.69) is 0 Å². The molecule has 0 aliphatic heterocycles. The van der Waals surface area contributed by atoms with E-state index >= 15 is 0 Å². The zero-order valence-electron chi connectivity index (χ0n) is 11.0. The highest BCUT2D eigenvalue weighted by Crippen LogP contribution is 2.17. The fourth-order valence-corrected chi connectivity index (χ4v) is 2.06. The van der Waals surface area contributed by atoms with Gasteiger partial charge >= 0.3 is 0 Å². The van der Waals surface area contributed by atoms with Gasteiger partial charge in [0.05, 0.1) is 12.7 Å². The summed E-state index contributed by atoms with van der Waals surface area (Å²) in [6.07, 6.45) is 1.95. The molecule has 0 N–H and O–H groups in total. The largest absolute Gasteiger partial charge is 0.469 e. The van der Waals surface area contributed by atoms with Crippen LogP contribution in [0.5, 0.6) is 0 Å². The fraction of sp³-hybridized carbons (Fsp3) is 0.267. The van der Waals surface area contributed by atoms with Gasteiger partial charge in [-0.3, -0.25) is 4.79 Å². The standard InChI is InChI=1S/C15H16ClNO2/c1-11-13(7-8-19-11)10-17(2)15(18)9-12-5-3-4-6-14(12)16/h3-8H,9-10H2,1-2H3. The predicted molar refractivity (Wildman–Crippen MR) is 75.1 cm³/mol. The van der Waals surface area contributed by atoms with Gasteiger partial charge in [0.2, 0.25) is 5.91 Å².